The summed E-state index contributed by atoms with van der Waals surface area (Å²) in [5.74, 6) is 1.82. The number of benzene rings is 8. The summed E-state index contributed by atoms with van der Waals surface area (Å²) >= 11 is 0. The van der Waals surface area contributed by atoms with Crippen molar-refractivity contribution < 1.29 is 4.42 Å². The largest absolute Gasteiger partial charge is 0.455 e. The van der Waals surface area contributed by atoms with Crippen LogP contribution >= 0.6 is 0 Å². The molecule has 0 aliphatic carbocycles. The first-order chi connectivity index (χ1) is 23.3. The standard InChI is InChI=1S/C43H25N3O/c1-2-10-28(11-3-1)41-44-42(46-43(45-41)37-15-8-14-36-35-13-6-7-16-39(35)47-40(36)37)29-18-17-27-20-22-33-32-21-19-26-9-4-5-12-30(26)31(32)23-24-34(33)38(27)25-29/h1-25H. The predicted octanol–water partition coefficient (Wildman–Crippen LogP) is 11.4. The Hall–Kier alpha value is -6.39. The Morgan fingerprint density at radius 2 is 0.915 bits per heavy atom. The molecule has 0 bridgehead atoms. The van der Waals surface area contributed by atoms with E-state index in [-0.39, 0.29) is 0 Å². The smallest absolute Gasteiger partial charge is 0.167 e. The van der Waals surface area contributed by atoms with Gasteiger partial charge < -0.3 is 4.42 Å². The van der Waals surface area contributed by atoms with E-state index in [9.17, 15) is 0 Å². The number of hydrogen-bond acceptors (Lipinski definition) is 4. The molecule has 2 heterocycles. The molecule has 8 aromatic carbocycles. The zero-order valence-electron chi connectivity index (χ0n) is 25.2. The van der Waals surface area contributed by atoms with Crippen molar-refractivity contribution in [3.05, 3.63) is 152 Å². The molecule has 47 heavy (non-hydrogen) atoms. The zero-order chi connectivity index (χ0) is 30.9. The highest BCUT2D eigenvalue weighted by molar-refractivity contribution is 6.22. The average Bonchev–Trinajstić information content (AvgIpc) is 3.53. The van der Waals surface area contributed by atoms with E-state index in [4.69, 9.17) is 19.4 Å². The van der Waals surface area contributed by atoms with E-state index < -0.39 is 0 Å². The first-order valence-electron chi connectivity index (χ1n) is 15.8. The van der Waals surface area contributed by atoms with Crippen molar-refractivity contribution in [2.45, 2.75) is 0 Å². The third-order valence-corrected chi connectivity index (χ3v) is 9.31. The number of aromatic nitrogens is 3. The molecule has 0 fully saturated rings. The molecule has 4 nitrogen and oxygen atoms in total. The molecule has 218 valence electrons. The number of rotatable bonds is 3. The van der Waals surface area contributed by atoms with E-state index in [1.165, 1.54) is 37.7 Å². The van der Waals surface area contributed by atoms with Crippen LogP contribution in [0, 0.1) is 0 Å². The predicted molar refractivity (Wildman–Crippen MR) is 193 cm³/mol. The average molecular weight is 600 g/mol. The van der Waals surface area contributed by atoms with Crippen LogP contribution in [0.15, 0.2) is 156 Å². The molecule has 0 aliphatic heterocycles. The lowest BCUT2D eigenvalue weighted by molar-refractivity contribution is 0.669. The Labute approximate surface area is 269 Å². The van der Waals surface area contributed by atoms with Crippen molar-refractivity contribution in [1.29, 1.82) is 0 Å². The third kappa shape index (κ3) is 4.05. The normalized spacial score (nSPS) is 11.8. The lowest BCUT2D eigenvalue weighted by atomic mass is 9.93. The molecule has 4 heteroatoms. The van der Waals surface area contributed by atoms with Crippen LogP contribution in [0.1, 0.15) is 0 Å². The second-order valence-corrected chi connectivity index (χ2v) is 12.0. The van der Waals surface area contributed by atoms with Gasteiger partial charge >= 0.3 is 0 Å². The highest BCUT2D eigenvalue weighted by Crippen LogP contribution is 2.38. The number of para-hydroxylation sites is 2. The van der Waals surface area contributed by atoms with E-state index in [2.05, 4.69) is 91.0 Å². The third-order valence-electron chi connectivity index (χ3n) is 9.31. The number of furan rings is 1. The molecule has 0 unspecified atom stereocenters. The van der Waals surface area contributed by atoms with Gasteiger partial charge in [-0.05, 0) is 61.3 Å². The van der Waals surface area contributed by atoms with Gasteiger partial charge in [0.25, 0.3) is 0 Å². The SMILES string of the molecule is c1ccc(-c2nc(-c3ccc4ccc5c(ccc6c7ccccc7ccc65)c4c3)nc(-c3cccc4c3oc3ccccc34)n2)cc1. The summed E-state index contributed by atoms with van der Waals surface area (Å²) in [4.78, 5) is 15.2. The van der Waals surface area contributed by atoms with Crippen molar-refractivity contribution in [1.82, 2.24) is 15.0 Å². The van der Waals surface area contributed by atoms with Gasteiger partial charge in [0.2, 0.25) is 0 Å². The summed E-state index contributed by atoms with van der Waals surface area (Å²) in [7, 11) is 0. The number of nitrogens with zero attached hydrogens (tertiary/aromatic N) is 3. The first-order valence-corrected chi connectivity index (χ1v) is 15.8. The molecule has 0 radical (unpaired) electrons. The fourth-order valence-electron chi connectivity index (χ4n) is 7.04. The van der Waals surface area contributed by atoms with E-state index >= 15 is 0 Å². The maximum absolute atomic E-state index is 6.40. The second kappa shape index (κ2) is 10.1. The molecule has 0 atom stereocenters. The summed E-state index contributed by atoms with van der Waals surface area (Å²) < 4.78 is 6.40. The van der Waals surface area contributed by atoms with Crippen LogP contribution < -0.4 is 0 Å². The maximum Gasteiger partial charge on any atom is 0.167 e. The Kier molecular flexibility index (Phi) is 5.54. The number of fused-ring (bicyclic) bond motifs is 10. The molecule has 0 saturated carbocycles. The molecule has 0 spiro atoms. The van der Waals surface area contributed by atoms with Gasteiger partial charge in [-0.2, -0.15) is 0 Å². The Morgan fingerprint density at radius 3 is 1.74 bits per heavy atom. The molecule has 10 aromatic rings. The minimum Gasteiger partial charge on any atom is -0.455 e. The van der Waals surface area contributed by atoms with Crippen LogP contribution in [-0.4, -0.2) is 15.0 Å². The minimum absolute atomic E-state index is 0.578. The quantitative estimate of drug-likeness (QED) is 0.190. The van der Waals surface area contributed by atoms with Crippen LogP contribution in [0.4, 0.5) is 0 Å². The van der Waals surface area contributed by atoms with Gasteiger partial charge in [-0.1, -0.05) is 133 Å². The summed E-state index contributed by atoms with van der Waals surface area (Å²) in [5, 5.41) is 11.9. The molecule has 0 amide bonds. The van der Waals surface area contributed by atoms with Crippen molar-refractivity contribution in [2.24, 2.45) is 0 Å². The summed E-state index contributed by atoms with van der Waals surface area (Å²) in [6, 6.07) is 52.9. The van der Waals surface area contributed by atoms with Gasteiger partial charge in [0.05, 0.1) is 5.56 Å². The summed E-state index contributed by atoms with van der Waals surface area (Å²) in [5.41, 5.74) is 4.31. The van der Waals surface area contributed by atoms with Gasteiger partial charge in [0.1, 0.15) is 11.2 Å². The highest BCUT2D eigenvalue weighted by Gasteiger charge is 2.18. The van der Waals surface area contributed by atoms with Crippen LogP contribution in [0.25, 0.3) is 99.2 Å². The summed E-state index contributed by atoms with van der Waals surface area (Å²) in [6.07, 6.45) is 0. The molecule has 0 aliphatic rings. The second-order valence-electron chi connectivity index (χ2n) is 12.0. The highest BCUT2D eigenvalue weighted by atomic mass is 16.3. The van der Waals surface area contributed by atoms with E-state index in [0.29, 0.717) is 17.5 Å². The van der Waals surface area contributed by atoms with Crippen molar-refractivity contribution in [3.8, 4) is 34.2 Å². The van der Waals surface area contributed by atoms with Gasteiger partial charge in [-0.15, -0.1) is 0 Å². The fraction of sp³-hybridized carbons (Fsp3) is 0. The minimum atomic E-state index is 0.578. The zero-order valence-corrected chi connectivity index (χ0v) is 25.2. The molecule has 10 rings (SSSR count). The van der Waals surface area contributed by atoms with Crippen LogP contribution in [0.3, 0.4) is 0 Å². The monoisotopic (exact) mass is 599 g/mol. The van der Waals surface area contributed by atoms with E-state index in [0.717, 1.165) is 44.0 Å². The summed E-state index contributed by atoms with van der Waals surface area (Å²) in [6.45, 7) is 0. The lowest BCUT2D eigenvalue weighted by Crippen LogP contribution is -2.00. The van der Waals surface area contributed by atoms with Gasteiger partial charge in [0.15, 0.2) is 17.5 Å². The fourth-order valence-corrected chi connectivity index (χ4v) is 7.04. The van der Waals surface area contributed by atoms with E-state index in [1.807, 2.05) is 60.7 Å². The maximum atomic E-state index is 6.40. The number of hydrogen-bond donors (Lipinski definition) is 0. The molecular weight excluding hydrogens is 574 g/mol. The van der Waals surface area contributed by atoms with Crippen molar-refractivity contribution >= 4 is 65.0 Å². The lowest BCUT2D eigenvalue weighted by Gasteiger charge is -2.12. The topological polar surface area (TPSA) is 51.8 Å². The Balaban J connectivity index is 1.21. The van der Waals surface area contributed by atoms with Crippen LogP contribution in [-0.2, 0) is 0 Å². The molecule has 0 N–H and O–H groups in total. The molecular formula is C43H25N3O. The van der Waals surface area contributed by atoms with Gasteiger partial charge in [0, 0.05) is 21.9 Å². The molecule has 0 saturated heterocycles. The van der Waals surface area contributed by atoms with E-state index in [1.54, 1.807) is 0 Å². The molecule has 2 aromatic heterocycles. The van der Waals surface area contributed by atoms with Crippen molar-refractivity contribution in [3.63, 3.8) is 0 Å². The first kappa shape index (κ1) is 25.9. The van der Waals surface area contributed by atoms with Crippen LogP contribution in [0.5, 0.6) is 0 Å². The van der Waals surface area contributed by atoms with Gasteiger partial charge in [-0.25, -0.2) is 15.0 Å². The Morgan fingerprint density at radius 1 is 0.340 bits per heavy atom. The van der Waals surface area contributed by atoms with Crippen LogP contribution in [0.2, 0.25) is 0 Å². The van der Waals surface area contributed by atoms with Gasteiger partial charge in [-0.3, -0.25) is 0 Å². The van der Waals surface area contributed by atoms with Crippen molar-refractivity contribution in [2.75, 3.05) is 0 Å². The Bertz CT molecular complexity index is 2850.